The van der Waals surface area contributed by atoms with E-state index in [4.69, 9.17) is 0 Å². The second-order valence-corrected chi connectivity index (χ2v) is 6.20. The van der Waals surface area contributed by atoms with Crippen molar-refractivity contribution in [2.24, 2.45) is 17.8 Å². The number of nitrogens with one attached hydrogen (secondary N) is 1. The minimum absolute atomic E-state index is 0.111. The maximum atomic E-state index is 10.7. The summed E-state index contributed by atoms with van der Waals surface area (Å²) in [6.45, 7) is 0.932. The minimum atomic E-state index is -0.380. The molecule has 19 heavy (non-hydrogen) atoms. The van der Waals surface area contributed by atoms with Gasteiger partial charge in [-0.1, -0.05) is 12.2 Å². The highest BCUT2D eigenvalue weighted by Crippen LogP contribution is 2.43. The molecule has 1 fully saturated rings. The molecule has 0 radical (unpaired) electrons. The molecule has 3 unspecified atom stereocenters. The van der Waals surface area contributed by atoms with Crippen molar-refractivity contribution >= 4 is 27.3 Å². The Kier molecular flexibility index (Phi) is 3.31. The van der Waals surface area contributed by atoms with Crippen molar-refractivity contribution in [1.29, 1.82) is 0 Å². The molecule has 5 heteroatoms. The largest absolute Gasteiger partial charge is 0.384 e. The SMILES string of the molecule is O=[N+]([O-])c1ccc(NCC2CC3C=CC2C3)c(Br)c1. The van der Waals surface area contributed by atoms with Crippen LogP contribution in [0.4, 0.5) is 11.4 Å². The van der Waals surface area contributed by atoms with E-state index in [2.05, 4.69) is 33.4 Å². The monoisotopic (exact) mass is 322 g/mol. The summed E-state index contributed by atoms with van der Waals surface area (Å²) < 4.78 is 0.750. The molecule has 3 atom stereocenters. The van der Waals surface area contributed by atoms with E-state index in [1.165, 1.54) is 18.9 Å². The van der Waals surface area contributed by atoms with Crippen molar-refractivity contribution in [3.05, 3.63) is 44.9 Å². The van der Waals surface area contributed by atoms with Crippen molar-refractivity contribution in [2.75, 3.05) is 11.9 Å². The van der Waals surface area contributed by atoms with E-state index in [-0.39, 0.29) is 10.6 Å². The van der Waals surface area contributed by atoms with Crippen molar-refractivity contribution in [3.8, 4) is 0 Å². The number of allylic oxidation sites excluding steroid dienone is 2. The number of halogens is 1. The average molecular weight is 323 g/mol. The van der Waals surface area contributed by atoms with Crippen LogP contribution in [0, 0.1) is 27.9 Å². The molecule has 2 aliphatic carbocycles. The van der Waals surface area contributed by atoms with Gasteiger partial charge in [-0.15, -0.1) is 0 Å². The normalized spacial score (nSPS) is 27.7. The fourth-order valence-corrected chi connectivity index (χ4v) is 3.64. The van der Waals surface area contributed by atoms with Gasteiger partial charge in [0.15, 0.2) is 0 Å². The molecule has 0 aromatic heterocycles. The van der Waals surface area contributed by atoms with Crippen LogP contribution < -0.4 is 5.32 Å². The second kappa shape index (κ2) is 4.96. The minimum Gasteiger partial charge on any atom is -0.384 e. The van der Waals surface area contributed by atoms with Crippen LogP contribution in [0.2, 0.25) is 0 Å². The van der Waals surface area contributed by atoms with Crippen molar-refractivity contribution in [3.63, 3.8) is 0 Å². The lowest BCUT2D eigenvalue weighted by molar-refractivity contribution is -0.384. The fraction of sp³-hybridized carbons (Fsp3) is 0.429. The number of non-ortho nitro benzene ring substituents is 1. The Hall–Kier alpha value is -1.36. The highest BCUT2D eigenvalue weighted by Gasteiger charge is 2.35. The topological polar surface area (TPSA) is 55.2 Å². The Morgan fingerprint density at radius 3 is 2.79 bits per heavy atom. The van der Waals surface area contributed by atoms with E-state index < -0.39 is 0 Å². The lowest BCUT2D eigenvalue weighted by atomic mass is 9.93. The zero-order chi connectivity index (χ0) is 13.4. The summed E-state index contributed by atoms with van der Waals surface area (Å²) in [7, 11) is 0. The van der Waals surface area contributed by atoms with E-state index >= 15 is 0 Å². The summed E-state index contributed by atoms with van der Waals surface area (Å²) in [6.07, 6.45) is 7.24. The molecule has 0 heterocycles. The van der Waals surface area contributed by atoms with E-state index in [0.717, 1.165) is 22.6 Å². The van der Waals surface area contributed by atoms with Crippen LogP contribution in [-0.4, -0.2) is 11.5 Å². The quantitative estimate of drug-likeness (QED) is 0.518. The Bertz CT molecular complexity index is 544. The molecule has 0 saturated heterocycles. The summed E-state index contributed by atoms with van der Waals surface area (Å²) in [5.41, 5.74) is 1.04. The lowest BCUT2D eigenvalue weighted by Crippen LogP contribution is -2.18. The zero-order valence-corrected chi connectivity index (χ0v) is 12.0. The van der Waals surface area contributed by atoms with Crippen LogP contribution in [0.15, 0.2) is 34.8 Å². The first-order valence-corrected chi connectivity index (χ1v) is 7.29. The first-order chi connectivity index (χ1) is 9.13. The first-order valence-electron chi connectivity index (χ1n) is 6.49. The number of rotatable bonds is 4. The van der Waals surface area contributed by atoms with Crippen LogP contribution in [0.3, 0.4) is 0 Å². The number of benzene rings is 1. The summed E-state index contributed by atoms with van der Waals surface area (Å²) in [5.74, 6) is 2.18. The molecule has 0 aliphatic heterocycles. The van der Waals surface area contributed by atoms with Gasteiger partial charge in [-0.2, -0.15) is 0 Å². The van der Waals surface area contributed by atoms with Crippen molar-refractivity contribution in [2.45, 2.75) is 12.8 Å². The zero-order valence-electron chi connectivity index (χ0n) is 10.4. The predicted octanol–water partition coefficient (Wildman–Crippen LogP) is 3.98. The van der Waals surface area contributed by atoms with E-state index in [9.17, 15) is 10.1 Å². The van der Waals surface area contributed by atoms with Gasteiger partial charge in [0.05, 0.1) is 4.92 Å². The van der Waals surface area contributed by atoms with Gasteiger partial charge in [-0.05, 0) is 52.6 Å². The molecule has 0 spiro atoms. The number of anilines is 1. The third-order valence-electron chi connectivity index (χ3n) is 4.13. The van der Waals surface area contributed by atoms with Gasteiger partial charge in [-0.25, -0.2) is 0 Å². The molecule has 4 nitrogen and oxygen atoms in total. The van der Waals surface area contributed by atoms with Crippen LogP contribution >= 0.6 is 15.9 Å². The smallest absolute Gasteiger partial charge is 0.270 e. The first kappa shape index (κ1) is 12.7. The van der Waals surface area contributed by atoms with E-state index in [1.807, 2.05) is 0 Å². The Morgan fingerprint density at radius 1 is 1.37 bits per heavy atom. The number of nitro benzene ring substituents is 1. The molecule has 100 valence electrons. The van der Waals surface area contributed by atoms with Gasteiger partial charge in [0, 0.05) is 28.8 Å². The Morgan fingerprint density at radius 2 is 2.21 bits per heavy atom. The summed E-state index contributed by atoms with van der Waals surface area (Å²) in [4.78, 5) is 10.3. The third-order valence-corrected chi connectivity index (χ3v) is 4.79. The lowest BCUT2D eigenvalue weighted by Gasteiger charge is -2.19. The highest BCUT2D eigenvalue weighted by molar-refractivity contribution is 9.10. The van der Waals surface area contributed by atoms with Crippen molar-refractivity contribution < 1.29 is 4.92 Å². The van der Waals surface area contributed by atoms with Crippen LogP contribution in [0.25, 0.3) is 0 Å². The summed E-state index contributed by atoms with van der Waals surface area (Å²) in [5, 5.41) is 14.1. The van der Waals surface area contributed by atoms with E-state index in [1.54, 1.807) is 12.1 Å². The number of fused-ring (bicyclic) bond motifs is 2. The number of hydrogen-bond donors (Lipinski definition) is 1. The van der Waals surface area contributed by atoms with Crippen LogP contribution in [0.5, 0.6) is 0 Å². The molecule has 1 aromatic carbocycles. The molecule has 1 aromatic rings. The number of hydrogen-bond acceptors (Lipinski definition) is 3. The van der Waals surface area contributed by atoms with E-state index in [0.29, 0.717) is 11.8 Å². The molecule has 1 N–H and O–H groups in total. The van der Waals surface area contributed by atoms with Gasteiger partial charge in [0.1, 0.15) is 0 Å². The fourth-order valence-electron chi connectivity index (χ4n) is 3.13. The molecule has 0 amide bonds. The molecule has 1 saturated carbocycles. The van der Waals surface area contributed by atoms with Gasteiger partial charge >= 0.3 is 0 Å². The Balaban J connectivity index is 1.64. The number of nitro groups is 1. The molecule has 2 aliphatic rings. The van der Waals surface area contributed by atoms with Gasteiger partial charge in [0.25, 0.3) is 5.69 Å². The van der Waals surface area contributed by atoms with Crippen LogP contribution in [-0.2, 0) is 0 Å². The molecular formula is C14H15BrN2O2. The highest BCUT2D eigenvalue weighted by atomic mass is 79.9. The summed E-state index contributed by atoms with van der Waals surface area (Å²) >= 11 is 3.39. The summed E-state index contributed by atoms with van der Waals surface area (Å²) in [6, 6.07) is 4.85. The van der Waals surface area contributed by atoms with Gasteiger partial charge in [0.2, 0.25) is 0 Å². The molecule has 3 rings (SSSR count). The molecule has 2 bridgehead atoms. The maximum Gasteiger partial charge on any atom is 0.270 e. The maximum absolute atomic E-state index is 10.7. The van der Waals surface area contributed by atoms with Crippen molar-refractivity contribution in [1.82, 2.24) is 0 Å². The second-order valence-electron chi connectivity index (χ2n) is 5.34. The average Bonchev–Trinajstić information content (AvgIpc) is 2.99. The third kappa shape index (κ3) is 2.52. The van der Waals surface area contributed by atoms with Gasteiger partial charge in [-0.3, -0.25) is 10.1 Å². The number of nitrogens with zero attached hydrogens (tertiary/aromatic N) is 1. The van der Waals surface area contributed by atoms with Gasteiger partial charge < -0.3 is 5.32 Å². The van der Waals surface area contributed by atoms with Crippen LogP contribution in [0.1, 0.15) is 12.8 Å². The molecular weight excluding hydrogens is 308 g/mol. The Labute approximate surface area is 120 Å². The predicted molar refractivity (Wildman–Crippen MR) is 78.1 cm³/mol. The standard InChI is InChI=1S/C14H15BrN2O2/c15-13-7-12(17(18)19)3-4-14(13)16-8-11-6-9-1-2-10(11)5-9/h1-4,7,9-11,16H,5-6,8H2.